The van der Waals surface area contributed by atoms with Gasteiger partial charge in [-0.1, -0.05) is 24.3 Å². The van der Waals surface area contributed by atoms with Crippen molar-refractivity contribution < 1.29 is 4.79 Å². The molecule has 1 amide bonds. The lowest BCUT2D eigenvalue weighted by Gasteiger charge is -2.19. The second kappa shape index (κ2) is 7.36. The van der Waals surface area contributed by atoms with Crippen molar-refractivity contribution in [2.24, 2.45) is 0 Å². The second-order valence-electron chi connectivity index (χ2n) is 6.63. The normalized spacial score (nSPS) is 13.6. The average molecular weight is 350 g/mol. The molecule has 0 aliphatic heterocycles. The Bertz CT molecular complexity index is 867. The highest BCUT2D eigenvalue weighted by Gasteiger charge is 2.14. The van der Waals surface area contributed by atoms with Crippen molar-refractivity contribution in [2.45, 2.75) is 44.9 Å². The summed E-state index contributed by atoms with van der Waals surface area (Å²) < 4.78 is 1.22. The van der Waals surface area contributed by atoms with Crippen LogP contribution < -0.4 is 5.32 Å². The molecule has 3 nitrogen and oxygen atoms in total. The van der Waals surface area contributed by atoms with Crippen molar-refractivity contribution >= 4 is 33.1 Å². The van der Waals surface area contributed by atoms with E-state index >= 15 is 0 Å². The van der Waals surface area contributed by atoms with Crippen LogP contribution in [-0.2, 0) is 24.1 Å². The maximum atomic E-state index is 12.3. The summed E-state index contributed by atoms with van der Waals surface area (Å²) in [6.07, 6.45) is 6.93. The Morgan fingerprint density at radius 2 is 1.96 bits per heavy atom. The molecular weight excluding hydrogens is 328 g/mol. The van der Waals surface area contributed by atoms with E-state index in [4.69, 9.17) is 0 Å². The first-order valence-corrected chi connectivity index (χ1v) is 9.86. The number of nitrogens with zero attached hydrogens (tertiary/aromatic N) is 1. The van der Waals surface area contributed by atoms with Gasteiger partial charge >= 0.3 is 0 Å². The summed E-state index contributed by atoms with van der Waals surface area (Å²) in [5.41, 5.74) is 4.82. The lowest BCUT2D eigenvalue weighted by Crippen LogP contribution is -2.15. The molecule has 0 fully saturated rings. The molecule has 25 heavy (non-hydrogen) atoms. The molecule has 0 saturated heterocycles. The number of hydrogen-bond donors (Lipinski definition) is 1. The SMILES string of the molecule is O=C(CCCc1nc2ccccc2s1)Nc1cccc2c1CCCC2. The largest absolute Gasteiger partial charge is 0.326 e. The van der Waals surface area contributed by atoms with Crippen LogP contribution in [0.3, 0.4) is 0 Å². The topological polar surface area (TPSA) is 42.0 Å². The van der Waals surface area contributed by atoms with E-state index in [1.165, 1.54) is 28.7 Å². The highest BCUT2D eigenvalue weighted by atomic mass is 32.1. The van der Waals surface area contributed by atoms with E-state index in [1.807, 2.05) is 24.3 Å². The standard InChI is InChI=1S/C21H22N2OS/c24-20(22-17-11-5-8-15-7-1-2-9-16(15)17)13-6-14-21-23-18-10-3-4-12-19(18)25-21/h3-5,8,10-12H,1-2,6-7,9,13-14H2,(H,22,24). The van der Waals surface area contributed by atoms with Gasteiger partial charge in [0.1, 0.15) is 0 Å². The number of carbonyl (C=O) groups is 1. The average Bonchev–Trinajstić information content (AvgIpc) is 3.05. The maximum Gasteiger partial charge on any atom is 0.224 e. The minimum Gasteiger partial charge on any atom is -0.326 e. The van der Waals surface area contributed by atoms with E-state index in [9.17, 15) is 4.79 Å². The lowest BCUT2D eigenvalue weighted by atomic mass is 9.90. The number of benzene rings is 2. The fourth-order valence-electron chi connectivity index (χ4n) is 3.54. The molecule has 1 aliphatic rings. The van der Waals surface area contributed by atoms with E-state index in [0.29, 0.717) is 6.42 Å². The van der Waals surface area contributed by atoms with Crippen molar-refractivity contribution in [1.29, 1.82) is 0 Å². The van der Waals surface area contributed by atoms with Crippen LogP contribution >= 0.6 is 11.3 Å². The van der Waals surface area contributed by atoms with Crippen LogP contribution in [0.15, 0.2) is 42.5 Å². The number of aryl methyl sites for hydroxylation is 2. The number of hydrogen-bond acceptors (Lipinski definition) is 3. The maximum absolute atomic E-state index is 12.3. The van der Waals surface area contributed by atoms with Gasteiger partial charge < -0.3 is 5.32 Å². The van der Waals surface area contributed by atoms with Crippen LogP contribution in [-0.4, -0.2) is 10.9 Å². The van der Waals surface area contributed by atoms with Crippen LogP contribution in [0.1, 0.15) is 41.8 Å². The van der Waals surface area contributed by atoms with Gasteiger partial charge in [0.25, 0.3) is 0 Å². The molecule has 0 radical (unpaired) electrons. The number of anilines is 1. The molecule has 1 aliphatic carbocycles. The van der Waals surface area contributed by atoms with Gasteiger partial charge in [0.05, 0.1) is 15.2 Å². The molecule has 4 heteroatoms. The molecule has 0 atom stereocenters. The monoisotopic (exact) mass is 350 g/mol. The molecule has 2 aromatic carbocycles. The Morgan fingerprint density at radius 3 is 2.88 bits per heavy atom. The third kappa shape index (κ3) is 3.74. The predicted molar refractivity (Wildman–Crippen MR) is 104 cm³/mol. The molecule has 1 aromatic heterocycles. The van der Waals surface area contributed by atoms with E-state index in [2.05, 4.69) is 28.5 Å². The molecule has 0 unspecified atom stereocenters. The van der Waals surface area contributed by atoms with E-state index in [-0.39, 0.29) is 5.91 Å². The summed E-state index contributed by atoms with van der Waals surface area (Å²) in [4.78, 5) is 17.0. The number of aromatic nitrogens is 1. The van der Waals surface area contributed by atoms with Crippen molar-refractivity contribution in [3.05, 3.63) is 58.6 Å². The number of nitrogens with one attached hydrogen (secondary N) is 1. The summed E-state index contributed by atoms with van der Waals surface area (Å²) in [5, 5.41) is 4.24. The third-order valence-electron chi connectivity index (χ3n) is 4.80. The number of para-hydroxylation sites is 1. The van der Waals surface area contributed by atoms with E-state index in [0.717, 1.165) is 41.9 Å². The van der Waals surface area contributed by atoms with Crippen molar-refractivity contribution in [3.63, 3.8) is 0 Å². The zero-order valence-corrected chi connectivity index (χ0v) is 15.1. The number of thiazole rings is 1. The lowest BCUT2D eigenvalue weighted by molar-refractivity contribution is -0.116. The highest BCUT2D eigenvalue weighted by molar-refractivity contribution is 7.18. The quantitative estimate of drug-likeness (QED) is 0.692. The van der Waals surface area contributed by atoms with Gasteiger partial charge in [-0.15, -0.1) is 11.3 Å². The van der Waals surface area contributed by atoms with Crippen molar-refractivity contribution in [1.82, 2.24) is 4.98 Å². The fourth-order valence-corrected chi connectivity index (χ4v) is 4.55. The van der Waals surface area contributed by atoms with Gasteiger partial charge in [-0.25, -0.2) is 4.98 Å². The zero-order valence-electron chi connectivity index (χ0n) is 14.3. The first kappa shape index (κ1) is 16.3. The summed E-state index contributed by atoms with van der Waals surface area (Å²) >= 11 is 1.73. The van der Waals surface area contributed by atoms with Crippen molar-refractivity contribution in [3.8, 4) is 0 Å². The second-order valence-corrected chi connectivity index (χ2v) is 7.74. The number of fused-ring (bicyclic) bond motifs is 2. The zero-order chi connectivity index (χ0) is 17.1. The summed E-state index contributed by atoms with van der Waals surface area (Å²) in [6.45, 7) is 0. The van der Waals surface area contributed by atoms with E-state index in [1.54, 1.807) is 11.3 Å². The minimum absolute atomic E-state index is 0.111. The fraction of sp³-hybridized carbons (Fsp3) is 0.333. The van der Waals surface area contributed by atoms with Crippen LogP contribution in [0.5, 0.6) is 0 Å². The Morgan fingerprint density at radius 1 is 1.08 bits per heavy atom. The van der Waals surface area contributed by atoms with Crippen LogP contribution in [0.25, 0.3) is 10.2 Å². The molecule has 4 rings (SSSR count). The molecule has 1 N–H and O–H groups in total. The number of amides is 1. The molecule has 0 bridgehead atoms. The van der Waals surface area contributed by atoms with Gasteiger partial charge in [0.2, 0.25) is 5.91 Å². The Hall–Kier alpha value is -2.20. The molecule has 3 aromatic rings. The number of rotatable bonds is 5. The van der Waals surface area contributed by atoms with Crippen LogP contribution in [0.4, 0.5) is 5.69 Å². The first-order chi connectivity index (χ1) is 12.3. The molecular formula is C21H22N2OS. The highest BCUT2D eigenvalue weighted by Crippen LogP contribution is 2.28. The Kier molecular flexibility index (Phi) is 4.79. The van der Waals surface area contributed by atoms with Gasteiger partial charge in [-0.05, 0) is 67.9 Å². The summed E-state index contributed by atoms with van der Waals surface area (Å²) in [6, 6.07) is 14.5. The van der Waals surface area contributed by atoms with Crippen LogP contribution in [0.2, 0.25) is 0 Å². The third-order valence-corrected chi connectivity index (χ3v) is 5.90. The molecule has 1 heterocycles. The Balaban J connectivity index is 1.33. The molecule has 128 valence electrons. The van der Waals surface area contributed by atoms with Crippen LogP contribution in [0, 0.1) is 0 Å². The summed E-state index contributed by atoms with van der Waals surface area (Å²) in [7, 11) is 0. The number of carbonyl (C=O) groups excluding carboxylic acids is 1. The van der Waals surface area contributed by atoms with Crippen molar-refractivity contribution in [2.75, 3.05) is 5.32 Å². The van der Waals surface area contributed by atoms with Gasteiger partial charge in [-0.2, -0.15) is 0 Å². The minimum atomic E-state index is 0.111. The molecule has 0 saturated carbocycles. The van der Waals surface area contributed by atoms with Gasteiger partial charge in [-0.3, -0.25) is 4.79 Å². The first-order valence-electron chi connectivity index (χ1n) is 9.05. The Labute approximate surface area is 152 Å². The van der Waals surface area contributed by atoms with Gasteiger partial charge in [0, 0.05) is 12.1 Å². The smallest absolute Gasteiger partial charge is 0.224 e. The summed E-state index contributed by atoms with van der Waals surface area (Å²) in [5.74, 6) is 0.111. The van der Waals surface area contributed by atoms with E-state index < -0.39 is 0 Å². The predicted octanol–water partition coefficient (Wildman–Crippen LogP) is 5.14. The molecule has 0 spiro atoms. The van der Waals surface area contributed by atoms with Gasteiger partial charge in [0.15, 0.2) is 0 Å².